The molecule has 0 radical (unpaired) electrons. The van der Waals surface area contributed by atoms with Crippen molar-refractivity contribution in [3.05, 3.63) is 34.1 Å². The lowest BCUT2D eigenvalue weighted by atomic mass is 9.94. The van der Waals surface area contributed by atoms with Crippen LogP contribution in [0.1, 0.15) is 0 Å². The zero-order valence-corrected chi connectivity index (χ0v) is 10.2. The number of rotatable bonds is 2. The monoisotopic (exact) mass is 349 g/mol. The van der Waals surface area contributed by atoms with Gasteiger partial charge in [-0.05, 0) is 12.2 Å². The maximum atomic E-state index is 12.7. The summed E-state index contributed by atoms with van der Waals surface area (Å²) in [4.78, 5) is 9.75. The maximum absolute atomic E-state index is 12.7. The van der Waals surface area contributed by atoms with Crippen LogP contribution in [-0.4, -0.2) is 21.8 Å². The van der Waals surface area contributed by atoms with E-state index in [1.807, 2.05) is 0 Å². The highest BCUT2D eigenvalue weighted by Gasteiger charge is 2.59. The van der Waals surface area contributed by atoms with Gasteiger partial charge in [0.05, 0.1) is 7.11 Å². The number of hydrogen-bond acceptors (Lipinski definition) is 3. The van der Waals surface area contributed by atoms with Crippen molar-refractivity contribution in [1.29, 1.82) is 0 Å². The fourth-order valence-electron chi connectivity index (χ4n) is 1.27. The molecule has 8 heteroatoms. The lowest BCUT2D eigenvalue weighted by molar-refractivity contribution is -0.533. The van der Waals surface area contributed by atoms with E-state index in [-0.39, 0.29) is 5.76 Å². The zero-order valence-electron chi connectivity index (χ0n) is 7.99. The summed E-state index contributed by atoms with van der Waals surface area (Å²) in [5.74, 6) is -2.23. The second kappa shape index (κ2) is 4.22. The van der Waals surface area contributed by atoms with Crippen molar-refractivity contribution in [2.24, 2.45) is 5.92 Å². The topological polar surface area (TPSA) is 52.4 Å². The highest BCUT2D eigenvalue weighted by Crippen LogP contribution is 2.45. The van der Waals surface area contributed by atoms with Crippen molar-refractivity contribution in [1.82, 2.24) is 0 Å². The molecule has 90 valence electrons. The number of hydrogen-bond donors (Lipinski definition) is 0. The summed E-state index contributed by atoms with van der Waals surface area (Å²) >= 11 is 1.19. The molecule has 0 fully saturated rings. The van der Waals surface area contributed by atoms with Gasteiger partial charge in [0.2, 0.25) is 0 Å². The van der Waals surface area contributed by atoms with Gasteiger partial charge in [0, 0.05) is 33.6 Å². The molecule has 0 aromatic heterocycles. The predicted molar refractivity (Wildman–Crippen MR) is 57.5 cm³/mol. The lowest BCUT2D eigenvalue weighted by Gasteiger charge is -2.28. The van der Waals surface area contributed by atoms with Gasteiger partial charge in [-0.3, -0.25) is 10.1 Å². The molecule has 0 aromatic carbocycles. The van der Waals surface area contributed by atoms with Gasteiger partial charge in [-0.1, -0.05) is 0 Å². The fourth-order valence-corrected chi connectivity index (χ4v) is 1.99. The molecular weight excluding hydrogens is 342 g/mol. The summed E-state index contributed by atoms with van der Waals surface area (Å²) in [5, 5.41) is 10.7. The number of methoxy groups -OCH3 is 1. The van der Waals surface area contributed by atoms with Crippen LogP contribution in [0.15, 0.2) is 24.0 Å². The molecule has 0 heterocycles. The molecule has 4 nitrogen and oxygen atoms in total. The van der Waals surface area contributed by atoms with Crippen LogP contribution in [-0.2, 0) is 4.74 Å². The molecule has 0 saturated heterocycles. The molecule has 1 rings (SSSR count). The van der Waals surface area contributed by atoms with Gasteiger partial charge in [-0.2, -0.15) is 13.2 Å². The predicted octanol–water partition coefficient (Wildman–Crippen LogP) is 2.67. The van der Waals surface area contributed by atoms with Gasteiger partial charge in [0.1, 0.15) is 5.76 Å². The van der Waals surface area contributed by atoms with E-state index in [4.69, 9.17) is 0 Å². The Morgan fingerprint density at radius 2 is 2.19 bits per heavy atom. The lowest BCUT2D eigenvalue weighted by Crippen LogP contribution is -2.45. The van der Waals surface area contributed by atoms with E-state index in [1.54, 1.807) is 0 Å². The van der Waals surface area contributed by atoms with Crippen molar-refractivity contribution in [3.8, 4) is 0 Å². The number of nitro groups is 1. The molecule has 0 bridgehead atoms. The molecule has 0 saturated carbocycles. The first-order chi connectivity index (χ1) is 7.21. The van der Waals surface area contributed by atoms with Crippen LogP contribution >= 0.6 is 22.6 Å². The van der Waals surface area contributed by atoms with Gasteiger partial charge in [-0.25, -0.2) is 0 Å². The van der Waals surface area contributed by atoms with E-state index >= 15 is 0 Å². The summed E-state index contributed by atoms with van der Waals surface area (Å²) in [6.07, 6.45) is -1.92. The minimum Gasteiger partial charge on any atom is -0.497 e. The SMILES string of the molecule is COC1=CC(C(F)(F)F)C(I)([N+](=O)[O-])C=C1. The standard InChI is InChI=1S/C8H7F3INO3/c1-16-5-2-3-7(12,13(14)15)6(4-5)8(9,10)11/h2-4,6H,1H3. The molecule has 0 spiro atoms. The van der Waals surface area contributed by atoms with Crippen molar-refractivity contribution >= 4 is 22.6 Å². The fraction of sp³-hybridized carbons (Fsp3) is 0.500. The van der Waals surface area contributed by atoms with Crippen LogP contribution in [0.5, 0.6) is 0 Å². The van der Waals surface area contributed by atoms with Crippen molar-refractivity contribution < 1.29 is 22.8 Å². The second-order valence-electron chi connectivity index (χ2n) is 3.11. The zero-order chi connectivity index (χ0) is 12.6. The average Bonchev–Trinajstić information content (AvgIpc) is 2.16. The third-order valence-corrected chi connectivity index (χ3v) is 3.54. The molecule has 2 atom stereocenters. The Morgan fingerprint density at radius 1 is 1.62 bits per heavy atom. The van der Waals surface area contributed by atoms with Gasteiger partial charge in [-0.15, -0.1) is 0 Å². The number of alkyl halides is 4. The van der Waals surface area contributed by atoms with E-state index in [9.17, 15) is 23.3 Å². The number of halogens is 4. The summed E-state index contributed by atoms with van der Waals surface area (Å²) < 4.78 is 40.4. The Morgan fingerprint density at radius 3 is 2.56 bits per heavy atom. The van der Waals surface area contributed by atoms with Gasteiger partial charge < -0.3 is 4.74 Å². The van der Waals surface area contributed by atoms with Crippen LogP contribution < -0.4 is 0 Å². The van der Waals surface area contributed by atoms with Crippen LogP contribution in [0, 0.1) is 16.0 Å². The van der Waals surface area contributed by atoms with Gasteiger partial charge in [0.25, 0.3) is 0 Å². The Kier molecular flexibility index (Phi) is 3.50. The molecular formula is C8H7F3INO3. The van der Waals surface area contributed by atoms with E-state index in [2.05, 4.69) is 4.74 Å². The van der Waals surface area contributed by atoms with Crippen molar-refractivity contribution in [2.45, 2.75) is 9.72 Å². The Bertz CT molecular complexity index is 366. The first-order valence-electron chi connectivity index (χ1n) is 4.07. The van der Waals surface area contributed by atoms with E-state index in [0.717, 1.165) is 18.2 Å². The van der Waals surface area contributed by atoms with Crippen LogP contribution in [0.3, 0.4) is 0 Å². The molecule has 0 N–H and O–H groups in total. The minimum atomic E-state index is -4.69. The Balaban J connectivity index is 3.20. The quantitative estimate of drug-likeness (QED) is 0.253. The number of ether oxygens (including phenoxy) is 1. The van der Waals surface area contributed by atoms with Crippen LogP contribution in [0.4, 0.5) is 13.2 Å². The summed E-state index contributed by atoms with van der Waals surface area (Å²) in [6.45, 7) is 0. The Hall–Kier alpha value is -0.800. The number of nitrogens with zero attached hydrogens (tertiary/aromatic N) is 1. The minimum absolute atomic E-state index is 0.0310. The van der Waals surface area contributed by atoms with Crippen LogP contribution in [0.25, 0.3) is 0 Å². The van der Waals surface area contributed by atoms with Gasteiger partial charge in [0.15, 0.2) is 5.92 Å². The van der Waals surface area contributed by atoms with Crippen molar-refractivity contribution in [2.75, 3.05) is 7.11 Å². The summed E-state index contributed by atoms with van der Waals surface area (Å²) in [6, 6.07) is 0. The molecule has 0 aromatic rings. The third kappa shape index (κ3) is 2.30. The average molecular weight is 349 g/mol. The first kappa shape index (κ1) is 13.3. The molecule has 1 aliphatic carbocycles. The van der Waals surface area contributed by atoms with E-state index in [1.165, 1.54) is 29.7 Å². The molecule has 16 heavy (non-hydrogen) atoms. The maximum Gasteiger partial charge on any atom is 0.403 e. The van der Waals surface area contributed by atoms with Gasteiger partial charge >= 0.3 is 9.72 Å². The number of allylic oxidation sites excluding steroid dienone is 1. The summed E-state index contributed by atoms with van der Waals surface area (Å²) in [5.41, 5.74) is 0. The largest absolute Gasteiger partial charge is 0.497 e. The molecule has 1 aliphatic rings. The summed E-state index contributed by atoms with van der Waals surface area (Å²) in [7, 11) is 1.20. The Labute approximate surface area is 102 Å². The molecule has 2 unspecified atom stereocenters. The molecule has 0 amide bonds. The third-order valence-electron chi connectivity index (χ3n) is 2.12. The van der Waals surface area contributed by atoms with Crippen molar-refractivity contribution in [3.63, 3.8) is 0 Å². The molecule has 0 aliphatic heterocycles. The second-order valence-corrected chi connectivity index (χ2v) is 4.84. The van der Waals surface area contributed by atoms with E-state index in [0.29, 0.717) is 0 Å². The smallest absolute Gasteiger partial charge is 0.403 e. The van der Waals surface area contributed by atoms with Crippen LogP contribution in [0.2, 0.25) is 0 Å². The highest BCUT2D eigenvalue weighted by atomic mass is 127. The van der Waals surface area contributed by atoms with E-state index < -0.39 is 20.6 Å². The first-order valence-corrected chi connectivity index (χ1v) is 5.15. The highest BCUT2D eigenvalue weighted by molar-refractivity contribution is 14.1. The normalized spacial score (nSPS) is 29.8.